The number of amides is 1. The third-order valence-corrected chi connectivity index (χ3v) is 10.7. The number of pyridine rings is 1. The number of aryl methyl sites for hydroxylation is 1. The molecule has 0 aliphatic carbocycles. The molecule has 0 saturated heterocycles. The quantitative estimate of drug-likeness (QED) is 0.0470. The molecule has 3 rings (SSSR count). The van der Waals surface area contributed by atoms with Crippen molar-refractivity contribution >= 4 is 35.8 Å². The zero-order valence-electron chi connectivity index (χ0n) is 41.8. The van der Waals surface area contributed by atoms with Gasteiger partial charge in [0, 0.05) is 93.9 Å². The molecule has 13 heteroatoms. The number of ether oxygens (including phenoxy) is 4. The van der Waals surface area contributed by atoms with E-state index in [0.717, 1.165) is 28.0 Å². The van der Waals surface area contributed by atoms with Crippen molar-refractivity contribution in [2.45, 2.75) is 86.2 Å². The lowest BCUT2D eigenvalue weighted by Gasteiger charge is -2.26. The zero-order chi connectivity index (χ0) is 49.1. The van der Waals surface area contributed by atoms with Crippen molar-refractivity contribution in [2.24, 2.45) is 7.05 Å². The van der Waals surface area contributed by atoms with E-state index in [9.17, 15) is 19.2 Å². The first kappa shape index (κ1) is 57.5. The zero-order valence-corrected chi connectivity index (χ0v) is 41.8. The van der Waals surface area contributed by atoms with Gasteiger partial charge in [0.05, 0.1) is 51.8 Å². The highest BCUT2D eigenvalue weighted by Crippen LogP contribution is 2.38. The average Bonchev–Trinajstić information content (AvgIpc) is 3.30. The number of hydrogen-bond acceptors (Lipinski definition) is 11. The molecule has 360 valence electrons. The van der Waals surface area contributed by atoms with Gasteiger partial charge in [0.25, 0.3) is 11.5 Å². The van der Waals surface area contributed by atoms with E-state index >= 15 is 0 Å². The largest absolute Gasteiger partial charge is 0.496 e. The van der Waals surface area contributed by atoms with Gasteiger partial charge in [0.15, 0.2) is 6.29 Å². The summed E-state index contributed by atoms with van der Waals surface area (Å²) in [5.41, 5.74) is 5.75. The Morgan fingerprint density at radius 2 is 1.52 bits per heavy atom. The van der Waals surface area contributed by atoms with Gasteiger partial charge in [-0.25, -0.2) is 0 Å². The molecular formula is C52H79N5O8. The number of ketones is 1. The normalized spacial score (nSPS) is 11.3. The lowest BCUT2D eigenvalue weighted by molar-refractivity contribution is -0.119. The maximum Gasteiger partial charge on any atom is 0.258 e. The molecule has 13 nitrogen and oxygen atoms in total. The highest BCUT2D eigenvalue weighted by Gasteiger charge is 2.24. The Labute approximate surface area is 390 Å². The average molecular weight is 902 g/mol. The molecule has 65 heavy (non-hydrogen) atoms. The molecule has 2 aromatic carbocycles. The van der Waals surface area contributed by atoms with Crippen LogP contribution in [0.1, 0.15) is 111 Å². The van der Waals surface area contributed by atoms with Gasteiger partial charge in [0.1, 0.15) is 17.3 Å². The number of methoxy groups -OCH3 is 2. The molecular weight excluding hydrogens is 823 g/mol. The Bertz CT molecular complexity index is 2030. The Hall–Kier alpha value is -5.50. The van der Waals surface area contributed by atoms with Gasteiger partial charge >= 0.3 is 0 Å². The Morgan fingerprint density at radius 3 is 2.05 bits per heavy atom. The number of likely N-dealkylation sites (N-methyl/N-ethyl adjacent to an activating group) is 1. The number of allylic oxidation sites excluding steroid dienone is 2. The summed E-state index contributed by atoms with van der Waals surface area (Å²) in [6.45, 7) is 22.5. The summed E-state index contributed by atoms with van der Waals surface area (Å²) >= 11 is 0. The topological polar surface area (TPSA) is 132 Å². The molecule has 0 aliphatic heterocycles. The molecule has 0 bridgehead atoms. The van der Waals surface area contributed by atoms with Gasteiger partial charge in [-0.3, -0.25) is 19.2 Å². The van der Waals surface area contributed by atoms with E-state index in [-0.39, 0.29) is 23.3 Å². The van der Waals surface area contributed by atoms with Crippen molar-refractivity contribution < 1.29 is 33.3 Å². The second kappa shape index (κ2) is 31.4. The smallest absolute Gasteiger partial charge is 0.258 e. The standard InChI is InChI=1S/C45H63N5O8.C4H10.C3H6/c1-12-35(52)18-17-31(3)50(9)45(54)43-33(30-51)15-14-16-40(43)46-19-21-57-23-24-58-22-20-48(7)32(4)25-37-36(13-2)44(53)49(8)29-38(37)34-26-41(55-10)39(28-47(5)6)42(27-34)56-11;1-3-4-2;1-3-2/h13-16,25-27,29-31,46H,2,12,17-24,28H2,1,3-11H3;3-4H2,1-2H3;3H,1H2,2H3/b32-25+;;. The fourth-order valence-electron chi connectivity index (χ4n) is 6.41. The Balaban J connectivity index is 0.00000281. The van der Waals surface area contributed by atoms with Gasteiger partial charge in [-0.15, -0.1) is 6.58 Å². The predicted octanol–water partition coefficient (Wildman–Crippen LogP) is 9.24. The van der Waals surface area contributed by atoms with Crippen molar-refractivity contribution in [3.8, 4) is 22.6 Å². The third kappa shape index (κ3) is 18.5. The number of unbranched alkanes of at least 4 members (excludes halogenated alkanes) is 1. The molecule has 0 aliphatic rings. The summed E-state index contributed by atoms with van der Waals surface area (Å²) in [4.78, 5) is 56.1. The number of nitrogens with zero attached hydrogens (tertiary/aromatic N) is 4. The molecule has 0 saturated carbocycles. The van der Waals surface area contributed by atoms with Crippen LogP contribution in [0.2, 0.25) is 0 Å². The minimum Gasteiger partial charge on any atom is -0.496 e. The van der Waals surface area contributed by atoms with Gasteiger partial charge in [0.2, 0.25) is 0 Å². The van der Waals surface area contributed by atoms with E-state index in [4.69, 9.17) is 18.9 Å². The molecule has 1 N–H and O–H groups in total. The van der Waals surface area contributed by atoms with Crippen LogP contribution in [0.3, 0.4) is 0 Å². The summed E-state index contributed by atoms with van der Waals surface area (Å²) in [6.07, 6.45) is 11.9. The van der Waals surface area contributed by atoms with Crippen molar-refractivity contribution in [1.82, 2.24) is 19.3 Å². The maximum absolute atomic E-state index is 13.5. The summed E-state index contributed by atoms with van der Waals surface area (Å²) < 4.78 is 24.8. The Kier molecular flexibility index (Phi) is 27.8. The SMILES string of the molecule is C=CC.C=Cc1c(/C=C(\C)N(C)CCOCCOCCNc2cccc(C=O)c2C(=O)N(C)C(C)CCC(=O)CC)c(-c2cc(OC)c(CN(C)C)c(OC)c2)cn(C)c1=O.CCCC. The van der Waals surface area contributed by atoms with E-state index in [1.165, 1.54) is 12.8 Å². The number of hydrogen-bond donors (Lipinski definition) is 1. The number of nitrogens with one attached hydrogen (secondary N) is 1. The van der Waals surface area contributed by atoms with Crippen LogP contribution >= 0.6 is 0 Å². The number of Topliss-reactive ketones (excluding diaryl/α,β-unsaturated/α-hetero) is 1. The Morgan fingerprint density at radius 1 is 0.923 bits per heavy atom. The third-order valence-electron chi connectivity index (χ3n) is 10.7. The first-order valence-corrected chi connectivity index (χ1v) is 22.5. The fourth-order valence-corrected chi connectivity index (χ4v) is 6.41. The highest BCUT2D eigenvalue weighted by molar-refractivity contribution is 6.06. The van der Waals surface area contributed by atoms with E-state index < -0.39 is 0 Å². The summed E-state index contributed by atoms with van der Waals surface area (Å²) in [5.74, 6) is 1.25. The number of aldehydes is 1. The van der Waals surface area contributed by atoms with Crippen LogP contribution in [0.25, 0.3) is 23.3 Å². The lowest BCUT2D eigenvalue weighted by Crippen LogP contribution is -2.36. The van der Waals surface area contributed by atoms with Crippen molar-refractivity contribution in [2.75, 3.05) is 87.2 Å². The number of benzene rings is 2. The molecule has 1 amide bonds. The number of anilines is 1. The van der Waals surface area contributed by atoms with Crippen molar-refractivity contribution in [3.05, 3.63) is 99.6 Å². The van der Waals surface area contributed by atoms with Crippen LogP contribution in [0.5, 0.6) is 11.5 Å². The minimum atomic E-state index is -0.285. The van der Waals surface area contributed by atoms with Gasteiger partial charge in [-0.05, 0) is 76.7 Å². The van der Waals surface area contributed by atoms with Gasteiger partial charge in [-0.2, -0.15) is 0 Å². The summed E-state index contributed by atoms with van der Waals surface area (Å²) in [6, 6.07) is 8.89. The van der Waals surface area contributed by atoms with Crippen LogP contribution in [0.4, 0.5) is 5.69 Å². The van der Waals surface area contributed by atoms with Crippen molar-refractivity contribution in [1.29, 1.82) is 0 Å². The van der Waals surface area contributed by atoms with Crippen LogP contribution in [-0.2, 0) is 27.9 Å². The van der Waals surface area contributed by atoms with E-state index in [0.29, 0.717) is 105 Å². The second-order valence-electron chi connectivity index (χ2n) is 15.9. The van der Waals surface area contributed by atoms with Gasteiger partial charge in [-0.1, -0.05) is 64.5 Å². The maximum atomic E-state index is 13.5. The summed E-state index contributed by atoms with van der Waals surface area (Å²) in [7, 11) is 12.6. The van der Waals surface area contributed by atoms with Gasteiger partial charge < -0.3 is 43.5 Å². The molecule has 1 atom stereocenters. The van der Waals surface area contributed by atoms with Crippen LogP contribution < -0.4 is 20.3 Å². The molecule has 1 aromatic heterocycles. The number of aromatic nitrogens is 1. The second-order valence-corrected chi connectivity index (χ2v) is 15.9. The molecule has 0 radical (unpaired) electrons. The molecule has 1 heterocycles. The predicted molar refractivity (Wildman–Crippen MR) is 268 cm³/mol. The first-order valence-electron chi connectivity index (χ1n) is 22.5. The molecule has 0 fully saturated rings. The summed E-state index contributed by atoms with van der Waals surface area (Å²) in [5, 5.41) is 3.24. The minimum absolute atomic E-state index is 0.152. The van der Waals surface area contributed by atoms with E-state index in [2.05, 4.69) is 37.2 Å². The first-order chi connectivity index (χ1) is 31.0. The van der Waals surface area contributed by atoms with E-state index in [1.54, 1.807) is 68.1 Å². The van der Waals surface area contributed by atoms with Crippen LogP contribution in [-0.4, -0.2) is 125 Å². The van der Waals surface area contributed by atoms with Crippen LogP contribution in [0, 0.1) is 0 Å². The molecule has 1 unspecified atom stereocenters. The molecule has 3 aromatic rings. The van der Waals surface area contributed by atoms with E-state index in [1.807, 2.05) is 78.1 Å². The highest BCUT2D eigenvalue weighted by atomic mass is 16.5. The van der Waals surface area contributed by atoms with Crippen molar-refractivity contribution in [3.63, 3.8) is 0 Å². The number of rotatable bonds is 26. The lowest BCUT2D eigenvalue weighted by atomic mass is 9.95. The monoisotopic (exact) mass is 902 g/mol. The molecule has 0 spiro atoms. The fraction of sp³-hybridized carbons (Fsp3) is 0.500. The van der Waals surface area contributed by atoms with Crippen LogP contribution in [0.15, 0.2) is 66.3 Å². The number of carbonyl (C=O) groups is 3. The number of carbonyl (C=O) groups excluding carboxylic acids is 3.